The Labute approximate surface area is 126 Å². The molecule has 0 aliphatic carbocycles. The van der Waals surface area contributed by atoms with Crippen LogP contribution in [0.15, 0.2) is 0 Å². The van der Waals surface area contributed by atoms with Crippen molar-refractivity contribution in [3.63, 3.8) is 0 Å². The van der Waals surface area contributed by atoms with Gasteiger partial charge < -0.3 is 19.5 Å². The van der Waals surface area contributed by atoms with Crippen LogP contribution >= 0.6 is 0 Å². The Morgan fingerprint density at radius 3 is 2.52 bits per heavy atom. The second-order valence-corrected chi connectivity index (χ2v) is 6.34. The van der Waals surface area contributed by atoms with Gasteiger partial charge in [-0.25, -0.2) is 0 Å². The lowest BCUT2D eigenvalue weighted by molar-refractivity contribution is -0.177. The number of rotatable bonds is 2. The van der Waals surface area contributed by atoms with E-state index >= 15 is 0 Å². The van der Waals surface area contributed by atoms with E-state index in [0.29, 0.717) is 32.8 Å². The first-order valence-electron chi connectivity index (χ1n) is 8.09. The standard InChI is InChI=1S/C15H26N2O4/c18-13-2-1-9-21-15(13)3-5-16(6-4-15)12-14(19)17-7-10-20-11-8-17/h13,18H,1-12H2/t13-/m1/s1. The van der Waals surface area contributed by atoms with Gasteiger partial charge in [-0.15, -0.1) is 0 Å². The maximum Gasteiger partial charge on any atom is 0.236 e. The fraction of sp³-hybridized carbons (Fsp3) is 0.933. The highest BCUT2D eigenvalue weighted by Gasteiger charge is 2.43. The lowest BCUT2D eigenvalue weighted by Crippen LogP contribution is -2.56. The van der Waals surface area contributed by atoms with E-state index in [9.17, 15) is 9.90 Å². The molecule has 0 aromatic heterocycles. The van der Waals surface area contributed by atoms with Gasteiger partial charge in [0.25, 0.3) is 0 Å². The van der Waals surface area contributed by atoms with Gasteiger partial charge in [0.1, 0.15) is 0 Å². The van der Waals surface area contributed by atoms with Gasteiger partial charge in [0, 0.05) is 32.8 Å². The number of aliphatic hydroxyl groups excluding tert-OH is 1. The van der Waals surface area contributed by atoms with Crippen LogP contribution in [0, 0.1) is 0 Å². The predicted octanol–water partition coefficient (Wildman–Crippen LogP) is -0.149. The van der Waals surface area contributed by atoms with Gasteiger partial charge in [-0.1, -0.05) is 0 Å². The average molecular weight is 298 g/mol. The molecule has 0 bridgehead atoms. The maximum atomic E-state index is 12.2. The third-order valence-corrected chi connectivity index (χ3v) is 5.04. The van der Waals surface area contributed by atoms with Gasteiger partial charge in [-0.3, -0.25) is 9.69 Å². The Bertz CT molecular complexity index is 363. The number of piperidine rings is 1. The van der Waals surface area contributed by atoms with Crippen molar-refractivity contribution in [3.05, 3.63) is 0 Å². The molecule has 3 saturated heterocycles. The molecule has 1 N–H and O–H groups in total. The zero-order valence-corrected chi connectivity index (χ0v) is 12.6. The molecule has 0 radical (unpaired) electrons. The highest BCUT2D eigenvalue weighted by atomic mass is 16.5. The van der Waals surface area contributed by atoms with Crippen molar-refractivity contribution in [2.24, 2.45) is 0 Å². The van der Waals surface area contributed by atoms with Crippen molar-refractivity contribution >= 4 is 5.91 Å². The van der Waals surface area contributed by atoms with Crippen LogP contribution in [-0.2, 0) is 14.3 Å². The summed E-state index contributed by atoms with van der Waals surface area (Å²) >= 11 is 0. The fourth-order valence-electron chi connectivity index (χ4n) is 3.58. The van der Waals surface area contributed by atoms with Crippen LogP contribution in [0.2, 0.25) is 0 Å². The average Bonchev–Trinajstić information content (AvgIpc) is 2.53. The summed E-state index contributed by atoms with van der Waals surface area (Å²) in [5, 5.41) is 10.2. The van der Waals surface area contributed by atoms with Crippen molar-refractivity contribution < 1.29 is 19.4 Å². The third-order valence-electron chi connectivity index (χ3n) is 5.04. The number of carbonyl (C=O) groups excluding carboxylic acids is 1. The molecule has 1 spiro atoms. The molecule has 120 valence electrons. The van der Waals surface area contributed by atoms with Crippen LogP contribution in [0.3, 0.4) is 0 Å². The lowest BCUT2D eigenvalue weighted by Gasteiger charge is -2.46. The molecule has 0 saturated carbocycles. The van der Waals surface area contributed by atoms with Gasteiger partial charge in [-0.05, 0) is 25.7 Å². The summed E-state index contributed by atoms with van der Waals surface area (Å²) in [6, 6.07) is 0. The summed E-state index contributed by atoms with van der Waals surface area (Å²) < 4.78 is 11.2. The number of carbonyl (C=O) groups is 1. The van der Waals surface area contributed by atoms with E-state index in [0.717, 1.165) is 45.4 Å². The van der Waals surface area contributed by atoms with Crippen LogP contribution in [0.1, 0.15) is 25.7 Å². The molecule has 0 aromatic carbocycles. The van der Waals surface area contributed by atoms with Crippen LogP contribution in [0.4, 0.5) is 0 Å². The topological polar surface area (TPSA) is 62.2 Å². The number of hydrogen-bond donors (Lipinski definition) is 1. The summed E-state index contributed by atoms with van der Waals surface area (Å²) in [6.45, 7) is 5.59. The monoisotopic (exact) mass is 298 g/mol. The van der Waals surface area contributed by atoms with Crippen molar-refractivity contribution in [2.45, 2.75) is 37.4 Å². The van der Waals surface area contributed by atoms with Crippen LogP contribution in [0.25, 0.3) is 0 Å². The van der Waals surface area contributed by atoms with Crippen LogP contribution < -0.4 is 0 Å². The molecule has 6 nitrogen and oxygen atoms in total. The minimum atomic E-state index is -0.350. The SMILES string of the molecule is O=C(CN1CCC2(CC1)OCCC[C@H]2O)N1CCOCC1. The summed E-state index contributed by atoms with van der Waals surface area (Å²) in [4.78, 5) is 16.3. The molecule has 3 heterocycles. The van der Waals surface area contributed by atoms with E-state index in [-0.39, 0.29) is 17.6 Å². The van der Waals surface area contributed by atoms with Crippen molar-refractivity contribution in [3.8, 4) is 0 Å². The van der Waals surface area contributed by atoms with Crippen molar-refractivity contribution in [1.82, 2.24) is 9.80 Å². The Morgan fingerprint density at radius 2 is 1.86 bits per heavy atom. The zero-order chi connectivity index (χ0) is 14.7. The molecular weight excluding hydrogens is 272 g/mol. The Morgan fingerprint density at radius 1 is 1.14 bits per heavy atom. The first kappa shape index (κ1) is 15.2. The van der Waals surface area contributed by atoms with Gasteiger partial charge in [-0.2, -0.15) is 0 Å². The highest BCUT2D eigenvalue weighted by molar-refractivity contribution is 5.78. The number of hydrogen-bond acceptors (Lipinski definition) is 5. The number of morpholine rings is 1. The number of likely N-dealkylation sites (tertiary alicyclic amines) is 1. The molecule has 0 unspecified atom stereocenters. The quantitative estimate of drug-likeness (QED) is 0.768. The maximum absolute atomic E-state index is 12.2. The fourth-order valence-corrected chi connectivity index (χ4v) is 3.58. The van der Waals surface area contributed by atoms with E-state index in [1.807, 2.05) is 4.90 Å². The molecular formula is C15H26N2O4. The highest BCUT2D eigenvalue weighted by Crippen LogP contribution is 2.35. The Hall–Kier alpha value is -0.690. The van der Waals surface area contributed by atoms with Gasteiger partial charge in [0.2, 0.25) is 5.91 Å². The molecule has 3 aliphatic rings. The molecule has 3 aliphatic heterocycles. The summed E-state index contributed by atoms with van der Waals surface area (Å²) in [6.07, 6.45) is 3.09. The van der Waals surface area contributed by atoms with Crippen molar-refractivity contribution in [1.29, 1.82) is 0 Å². The van der Waals surface area contributed by atoms with Crippen LogP contribution in [-0.4, -0.2) is 85.1 Å². The summed E-state index contributed by atoms with van der Waals surface area (Å²) in [7, 11) is 0. The smallest absolute Gasteiger partial charge is 0.236 e. The molecule has 3 fully saturated rings. The molecule has 1 amide bonds. The van der Waals surface area contributed by atoms with E-state index in [1.54, 1.807) is 0 Å². The first-order valence-corrected chi connectivity index (χ1v) is 8.09. The summed E-state index contributed by atoms with van der Waals surface area (Å²) in [5.41, 5.74) is -0.350. The second-order valence-electron chi connectivity index (χ2n) is 6.34. The number of amides is 1. The number of ether oxygens (including phenoxy) is 2. The lowest BCUT2D eigenvalue weighted by atomic mass is 9.82. The van der Waals surface area contributed by atoms with E-state index in [1.165, 1.54) is 0 Å². The largest absolute Gasteiger partial charge is 0.390 e. The molecule has 0 aromatic rings. The third kappa shape index (κ3) is 3.39. The van der Waals surface area contributed by atoms with E-state index < -0.39 is 0 Å². The summed E-state index contributed by atoms with van der Waals surface area (Å²) in [5.74, 6) is 0.194. The zero-order valence-electron chi connectivity index (χ0n) is 12.6. The van der Waals surface area contributed by atoms with E-state index in [4.69, 9.17) is 9.47 Å². The minimum absolute atomic E-state index is 0.194. The van der Waals surface area contributed by atoms with Gasteiger partial charge >= 0.3 is 0 Å². The molecule has 3 rings (SSSR count). The second kappa shape index (κ2) is 6.60. The molecule has 1 atom stereocenters. The number of aliphatic hydroxyl groups is 1. The van der Waals surface area contributed by atoms with Crippen molar-refractivity contribution in [2.75, 3.05) is 52.5 Å². The molecule has 6 heteroatoms. The molecule has 21 heavy (non-hydrogen) atoms. The van der Waals surface area contributed by atoms with Gasteiger partial charge in [0.05, 0.1) is 31.5 Å². The normalized spacial score (nSPS) is 30.5. The Balaban J connectivity index is 1.48. The minimum Gasteiger partial charge on any atom is -0.390 e. The van der Waals surface area contributed by atoms with Gasteiger partial charge in [0.15, 0.2) is 0 Å². The van der Waals surface area contributed by atoms with Crippen LogP contribution in [0.5, 0.6) is 0 Å². The first-order chi connectivity index (χ1) is 10.2. The predicted molar refractivity (Wildman–Crippen MR) is 77.0 cm³/mol. The van der Waals surface area contributed by atoms with E-state index in [2.05, 4.69) is 4.90 Å². The Kier molecular flexibility index (Phi) is 4.78. The number of nitrogens with zero attached hydrogens (tertiary/aromatic N) is 2.